The summed E-state index contributed by atoms with van der Waals surface area (Å²) in [6.45, 7) is 1.48. The highest BCUT2D eigenvalue weighted by Gasteiger charge is 1.93. The molecule has 0 aliphatic heterocycles. The summed E-state index contributed by atoms with van der Waals surface area (Å²) in [6, 6.07) is 17.1. The fourth-order valence-corrected chi connectivity index (χ4v) is 1.57. The van der Waals surface area contributed by atoms with Gasteiger partial charge in [0, 0.05) is 23.7 Å². The maximum atomic E-state index is 10.9. The Morgan fingerprint density at radius 3 is 1.95 bits per heavy atom. The van der Waals surface area contributed by atoms with Crippen molar-refractivity contribution in [2.75, 3.05) is 5.32 Å². The number of rotatable bonds is 1. The Kier molecular flexibility index (Phi) is 4.60. The zero-order valence-electron chi connectivity index (χ0n) is 11.1. The molecule has 2 heteroatoms. The summed E-state index contributed by atoms with van der Waals surface area (Å²) >= 11 is 0. The first kappa shape index (κ1) is 13.5. The molecule has 96 valence electrons. The molecule has 0 atom stereocenters. The molecule has 0 aliphatic carbocycles. The van der Waals surface area contributed by atoms with Gasteiger partial charge in [-0.25, -0.2) is 0 Å². The first-order chi connectivity index (χ1) is 9.74. The summed E-state index contributed by atoms with van der Waals surface area (Å²) in [5, 5.41) is 2.71. The zero-order chi connectivity index (χ0) is 14.2. The van der Waals surface area contributed by atoms with E-state index in [2.05, 4.69) is 29.0 Å². The minimum atomic E-state index is -0.0856. The van der Waals surface area contributed by atoms with Crippen LogP contribution in [-0.2, 0) is 4.79 Å². The van der Waals surface area contributed by atoms with Crippen LogP contribution in [0.15, 0.2) is 54.6 Å². The third-order valence-corrected chi connectivity index (χ3v) is 2.46. The molecular formula is C18H13NO. The first-order valence-electron chi connectivity index (χ1n) is 6.19. The highest BCUT2D eigenvalue weighted by Crippen LogP contribution is 2.08. The minimum Gasteiger partial charge on any atom is -0.326 e. The van der Waals surface area contributed by atoms with Crippen LogP contribution in [0, 0.1) is 23.7 Å². The van der Waals surface area contributed by atoms with E-state index < -0.39 is 0 Å². The number of amides is 1. The van der Waals surface area contributed by atoms with E-state index in [0.29, 0.717) is 0 Å². The molecule has 2 aromatic carbocycles. The molecular weight excluding hydrogens is 246 g/mol. The summed E-state index contributed by atoms with van der Waals surface area (Å²) in [4.78, 5) is 10.9. The van der Waals surface area contributed by atoms with E-state index in [1.165, 1.54) is 6.92 Å². The van der Waals surface area contributed by atoms with Gasteiger partial charge in [0.05, 0.1) is 0 Å². The number of hydrogen-bond acceptors (Lipinski definition) is 1. The highest BCUT2D eigenvalue weighted by atomic mass is 16.1. The fourth-order valence-electron chi connectivity index (χ4n) is 1.57. The van der Waals surface area contributed by atoms with E-state index in [0.717, 1.165) is 16.8 Å². The van der Waals surface area contributed by atoms with Crippen molar-refractivity contribution in [1.29, 1.82) is 0 Å². The van der Waals surface area contributed by atoms with Crippen molar-refractivity contribution in [2.24, 2.45) is 0 Å². The lowest BCUT2D eigenvalue weighted by molar-refractivity contribution is -0.114. The zero-order valence-corrected chi connectivity index (χ0v) is 11.1. The van der Waals surface area contributed by atoms with Crippen LogP contribution < -0.4 is 5.32 Å². The van der Waals surface area contributed by atoms with Crippen LogP contribution >= 0.6 is 0 Å². The molecule has 0 saturated heterocycles. The Balaban J connectivity index is 2.03. The van der Waals surface area contributed by atoms with Crippen molar-refractivity contribution in [3.63, 3.8) is 0 Å². The van der Waals surface area contributed by atoms with E-state index in [1.54, 1.807) is 0 Å². The lowest BCUT2D eigenvalue weighted by Gasteiger charge is -2.00. The van der Waals surface area contributed by atoms with Crippen molar-refractivity contribution < 1.29 is 4.79 Å². The second-order valence-electron chi connectivity index (χ2n) is 4.12. The molecule has 0 radical (unpaired) electrons. The molecule has 0 fully saturated rings. The standard InChI is InChI=1S/C18H13NO/c1-15(20)19-18-13-11-17(12-14-18)10-6-5-9-16-7-3-2-4-8-16/h2-4,7-8,11-14H,1H3,(H,19,20). The van der Waals surface area contributed by atoms with Crippen molar-refractivity contribution in [2.45, 2.75) is 6.92 Å². The monoisotopic (exact) mass is 259 g/mol. The molecule has 20 heavy (non-hydrogen) atoms. The van der Waals surface area contributed by atoms with Crippen molar-refractivity contribution in [3.05, 3.63) is 65.7 Å². The molecule has 0 saturated carbocycles. The van der Waals surface area contributed by atoms with Gasteiger partial charge in [-0.05, 0) is 48.2 Å². The van der Waals surface area contributed by atoms with Crippen LogP contribution in [0.1, 0.15) is 18.1 Å². The third kappa shape index (κ3) is 4.37. The molecule has 0 spiro atoms. The Bertz CT molecular complexity index is 707. The maximum absolute atomic E-state index is 10.9. The topological polar surface area (TPSA) is 29.1 Å². The van der Waals surface area contributed by atoms with E-state index in [9.17, 15) is 4.79 Å². The molecule has 2 rings (SSSR count). The van der Waals surface area contributed by atoms with Gasteiger partial charge in [0.2, 0.25) is 5.91 Å². The summed E-state index contributed by atoms with van der Waals surface area (Å²) in [5.41, 5.74) is 2.57. The van der Waals surface area contributed by atoms with E-state index >= 15 is 0 Å². The van der Waals surface area contributed by atoms with Gasteiger partial charge < -0.3 is 5.32 Å². The van der Waals surface area contributed by atoms with Gasteiger partial charge in [0.1, 0.15) is 0 Å². The summed E-state index contributed by atoms with van der Waals surface area (Å²) in [5.74, 6) is 11.5. The minimum absolute atomic E-state index is 0.0856. The second kappa shape index (κ2) is 6.83. The van der Waals surface area contributed by atoms with E-state index in [1.807, 2.05) is 54.6 Å². The van der Waals surface area contributed by atoms with Gasteiger partial charge >= 0.3 is 0 Å². The Labute approximate surface area is 118 Å². The van der Waals surface area contributed by atoms with Gasteiger partial charge in [-0.2, -0.15) is 0 Å². The average Bonchev–Trinajstić information content (AvgIpc) is 2.46. The molecule has 0 unspecified atom stereocenters. The quantitative estimate of drug-likeness (QED) is 0.784. The molecule has 2 nitrogen and oxygen atoms in total. The number of anilines is 1. The lowest BCUT2D eigenvalue weighted by atomic mass is 10.2. The van der Waals surface area contributed by atoms with Gasteiger partial charge in [0.25, 0.3) is 0 Å². The molecule has 1 amide bonds. The molecule has 2 aromatic rings. The van der Waals surface area contributed by atoms with Crippen molar-refractivity contribution in [3.8, 4) is 23.7 Å². The molecule has 1 N–H and O–H groups in total. The Morgan fingerprint density at radius 1 is 0.850 bits per heavy atom. The Hall–Kier alpha value is -2.97. The van der Waals surface area contributed by atoms with Crippen molar-refractivity contribution >= 4 is 11.6 Å². The van der Waals surface area contributed by atoms with Gasteiger partial charge in [-0.15, -0.1) is 0 Å². The number of nitrogens with one attached hydrogen (secondary N) is 1. The van der Waals surface area contributed by atoms with Gasteiger partial charge in [0.15, 0.2) is 0 Å². The molecule has 0 aliphatic rings. The number of carbonyl (C=O) groups excluding carboxylic acids is 1. The predicted molar refractivity (Wildman–Crippen MR) is 80.9 cm³/mol. The van der Waals surface area contributed by atoms with Crippen LogP contribution in [0.4, 0.5) is 5.69 Å². The third-order valence-electron chi connectivity index (χ3n) is 2.46. The van der Waals surface area contributed by atoms with Crippen LogP contribution in [-0.4, -0.2) is 5.91 Å². The van der Waals surface area contributed by atoms with Gasteiger partial charge in [-0.3, -0.25) is 4.79 Å². The average molecular weight is 259 g/mol. The summed E-state index contributed by atoms with van der Waals surface area (Å²) < 4.78 is 0. The van der Waals surface area contributed by atoms with Crippen molar-refractivity contribution in [1.82, 2.24) is 0 Å². The molecule has 0 bridgehead atoms. The predicted octanol–water partition coefficient (Wildman–Crippen LogP) is 3.05. The number of carbonyl (C=O) groups is 1. The number of hydrogen-bond donors (Lipinski definition) is 1. The van der Waals surface area contributed by atoms with Crippen LogP contribution in [0.5, 0.6) is 0 Å². The SMILES string of the molecule is CC(=O)Nc1ccc(C#CC#Cc2ccccc2)cc1. The first-order valence-corrected chi connectivity index (χ1v) is 6.19. The highest BCUT2D eigenvalue weighted by molar-refractivity contribution is 5.88. The smallest absolute Gasteiger partial charge is 0.221 e. The Morgan fingerprint density at radius 2 is 1.40 bits per heavy atom. The van der Waals surface area contributed by atoms with E-state index in [-0.39, 0.29) is 5.91 Å². The summed E-state index contributed by atoms with van der Waals surface area (Å²) in [7, 11) is 0. The van der Waals surface area contributed by atoms with Crippen LogP contribution in [0.2, 0.25) is 0 Å². The molecule has 0 heterocycles. The molecule has 0 aromatic heterocycles. The fraction of sp³-hybridized carbons (Fsp3) is 0.0556. The van der Waals surface area contributed by atoms with Crippen LogP contribution in [0.25, 0.3) is 0 Å². The largest absolute Gasteiger partial charge is 0.326 e. The second-order valence-corrected chi connectivity index (χ2v) is 4.12. The normalized spacial score (nSPS) is 8.65. The number of benzene rings is 2. The van der Waals surface area contributed by atoms with E-state index in [4.69, 9.17) is 0 Å². The van der Waals surface area contributed by atoms with Gasteiger partial charge in [-0.1, -0.05) is 30.0 Å². The van der Waals surface area contributed by atoms with Crippen LogP contribution in [0.3, 0.4) is 0 Å². The summed E-state index contributed by atoms with van der Waals surface area (Å²) in [6.07, 6.45) is 0. The maximum Gasteiger partial charge on any atom is 0.221 e. The lowest BCUT2D eigenvalue weighted by Crippen LogP contribution is -2.05.